The molecule has 12 heavy (non-hydrogen) atoms. The summed E-state index contributed by atoms with van der Waals surface area (Å²) in [6.07, 6.45) is 4.12. The van der Waals surface area contributed by atoms with Crippen molar-refractivity contribution >= 4 is 0 Å². The molecule has 0 aliphatic rings. The summed E-state index contributed by atoms with van der Waals surface area (Å²) in [4.78, 5) is 0. The van der Waals surface area contributed by atoms with E-state index in [1.807, 2.05) is 6.92 Å². The summed E-state index contributed by atoms with van der Waals surface area (Å²) >= 11 is 0. The summed E-state index contributed by atoms with van der Waals surface area (Å²) in [5, 5.41) is 13.0. The summed E-state index contributed by atoms with van der Waals surface area (Å²) in [5.74, 6) is 0. The largest absolute Gasteiger partial charge is 0.376 e. The van der Waals surface area contributed by atoms with Gasteiger partial charge in [0.2, 0.25) is 0 Å². The molecule has 0 saturated carbocycles. The molecule has 0 radical (unpaired) electrons. The van der Waals surface area contributed by atoms with E-state index in [1.54, 1.807) is 0 Å². The fraction of sp³-hybridized carbons (Fsp3) is 1.00. The smallest absolute Gasteiger partial charge is 0.113 e. The molecule has 0 spiro atoms. The van der Waals surface area contributed by atoms with Crippen LogP contribution in [-0.4, -0.2) is 16.9 Å². The van der Waals surface area contributed by atoms with Crippen LogP contribution in [0.4, 0.5) is 0 Å². The monoisotopic (exact) mass is 173 g/mol. The van der Waals surface area contributed by atoms with E-state index in [0.29, 0.717) is 6.04 Å². The van der Waals surface area contributed by atoms with E-state index in [-0.39, 0.29) is 0 Å². The van der Waals surface area contributed by atoms with Gasteiger partial charge >= 0.3 is 0 Å². The Morgan fingerprint density at radius 3 is 2.42 bits per heavy atom. The SMILES string of the molecule is CCCCC(C)(O)NC(C)CC. The molecule has 2 unspecified atom stereocenters. The molecule has 0 rings (SSSR count). The van der Waals surface area contributed by atoms with Crippen molar-refractivity contribution in [1.82, 2.24) is 5.32 Å². The summed E-state index contributed by atoms with van der Waals surface area (Å²) in [7, 11) is 0. The van der Waals surface area contributed by atoms with Crippen LogP contribution < -0.4 is 5.32 Å². The third-order valence-electron chi connectivity index (χ3n) is 2.19. The number of hydrogen-bond acceptors (Lipinski definition) is 2. The highest BCUT2D eigenvalue weighted by molar-refractivity contribution is 4.73. The molecular weight excluding hydrogens is 150 g/mol. The minimum atomic E-state index is -0.675. The van der Waals surface area contributed by atoms with Crippen LogP contribution in [0, 0.1) is 0 Å². The Balaban J connectivity index is 3.69. The second-order valence-electron chi connectivity index (χ2n) is 3.83. The first-order chi connectivity index (χ1) is 5.52. The van der Waals surface area contributed by atoms with Gasteiger partial charge in [-0.25, -0.2) is 0 Å². The van der Waals surface area contributed by atoms with E-state index in [1.165, 1.54) is 0 Å². The minimum Gasteiger partial charge on any atom is -0.376 e. The molecule has 0 amide bonds. The van der Waals surface area contributed by atoms with Gasteiger partial charge in [-0.2, -0.15) is 0 Å². The summed E-state index contributed by atoms with van der Waals surface area (Å²) < 4.78 is 0. The lowest BCUT2D eigenvalue weighted by Gasteiger charge is -2.28. The maximum atomic E-state index is 9.84. The molecule has 0 aromatic carbocycles. The van der Waals surface area contributed by atoms with Crippen molar-refractivity contribution in [2.75, 3.05) is 0 Å². The number of hydrogen-bond donors (Lipinski definition) is 2. The normalized spacial score (nSPS) is 18.8. The minimum absolute atomic E-state index is 0.400. The molecule has 0 fully saturated rings. The van der Waals surface area contributed by atoms with Gasteiger partial charge in [-0.15, -0.1) is 0 Å². The third kappa shape index (κ3) is 5.56. The highest BCUT2D eigenvalue weighted by atomic mass is 16.3. The zero-order chi connectivity index (χ0) is 9.61. The summed E-state index contributed by atoms with van der Waals surface area (Å²) in [5.41, 5.74) is -0.675. The maximum absolute atomic E-state index is 9.84. The first kappa shape index (κ1) is 11.9. The fourth-order valence-corrected chi connectivity index (χ4v) is 1.23. The second-order valence-corrected chi connectivity index (χ2v) is 3.83. The Kier molecular flexibility index (Phi) is 5.51. The average molecular weight is 173 g/mol. The van der Waals surface area contributed by atoms with Gasteiger partial charge in [-0.05, 0) is 33.1 Å². The lowest BCUT2D eigenvalue weighted by atomic mass is 10.1. The number of nitrogens with one attached hydrogen (secondary N) is 1. The molecule has 0 aromatic rings. The third-order valence-corrected chi connectivity index (χ3v) is 2.19. The Morgan fingerprint density at radius 1 is 1.42 bits per heavy atom. The van der Waals surface area contributed by atoms with Crippen molar-refractivity contribution in [3.63, 3.8) is 0 Å². The first-order valence-electron chi connectivity index (χ1n) is 5.02. The van der Waals surface area contributed by atoms with Gasteiger partial charge in [0.25, 0.3) is 0 Å². The predicted octanol–water partition coefficient (Wildman–Crippen LogP) is 2.27. The molecule has 0 aromatic heterocycles. The van der Waals surface area contributed by atoms with Gasteiger partial charge in [-0.3, -0.25) is 5.32 Å². The van der Waals surface area contributed by atoms with E-state index in [4.69, 9.17) is 0 Å². The fourth-order valence-electron chi connectivity index (χ4n) is 1.23. The highest BCUT2D eigenvalue weighted by Gasteiger charge is 2.20. The van der Waals surface area contributed by atoms with E-state index in [2.05, 4.69) is 26.1 Å². The molecule has 0 saturated heterocycles. The van der Waals surface area contributed by atoms with E-state index < -0.39 is 5.72 Å². The topological polar surface area (TPSA) is 32.3 Å². The van der Waals surface area contributed by atoms with Crippen molar-refractivity contribution < 1.29 is 5.11 Å². The standard InChI is InChI=1S/C10H23NO/c1-5-7-8-10(4,12)11-9(3)6-2/h9,11-12H,5-8H2,1-4H3. The van der Waals surface area contributed by atoms with Crippen LogP contribution in [0.1, 0.15) is 53.4 Å². The van der Waals surface area contributed by atoms with E-state index in [0.717, 1.165) is 25.7 Å². The van der Waals surface area contributed by atoms with Crippen molar-refractivity contribution in [1.29, 1.82) is 0 Å². The van der Waals surface area contributed by atoms with Crippen LogP contribution in [-0.2, 0) is 0 Å². The molecule has 0 aliphatic carbocycles. The molecule has 2 N–H and O–H groups in total. The maximum Gasteiger partial charge on any atom is 0.113 e. The van der Waals surface area contributed by atoms with E-state index >= 15 is 0 Å². The van der Waals surface area contributed by atoms with Crippen LogP contribution >= 0.6 is 0 Å². The second kappa shape index (κ2) is 5.55. The number of aliphatic hydroxyl groups is 1. The van der Waals surface area contributed by atoms with Gasteiger partial charge in [0, 0.05) is 6.04 Å². The zero-order valence-corrected chi connectivity index (χ0v) is 8.85. The highest BCUT2D eigenvalue weighted by Crippen LogP contribution is 2.11. The van der Waals surface area contributed by atoms with Crippen molar-refractivity contribution in [3.05, 3.63) is 0 Å². The molecule has 2 atom stereocenters. The van der Waals surface area contributed by atoms with Gasteiger partial charge < -0.3 is 5.11 Å². The molecule has 0 aliphatic heterocycles. The quantitative estimate of drug-likeness (QED) is 0.604. The summed E-state index contributed by atoms with van der Waals surface area (Å²) in [6.45, 7) is 8.21. The Bertz CT molecular complexity index is 112. The van der Waals surface area contributed by atoms with Gasteiger partial charge in [-0.1, -0.05) is 20.3 Å². The van der Waals surface area contributed by atoms with E-state index in [9.17, 15) is 5.11 Å². The van der Waals surface area contributed by atoms with Crippen molar-refractivity contribution in [2.45, 2.75) is 65.1 Å². The Hall–Kier alpha value is -0.0800. The average Bonchev–Trinajstić information content (AvgIpc) is 2.00. The zero-order valence-electron chi connectivity index (χ0n) is 8.85. The van der Waals surface area contributed by atoms with Crippen LogP contribution in [0.25, 0.3) is 0 Å². The van der Waals surface area contributed by atoms with Crippen molar-refractivity contribution in [2.24, 2.45) is 0 Å². The van der Waals surface area contributed by atoms with Gasteiger partial charge in [0.05, 0.1) is 0 Å². The van der Waals surface area contributed by atoms with Crippen LogP contribution in [0.5, 0.6) is 0 Å². The lowest BCUT2D eigenvalue weighted by Crippen LogP contribution is -2.46. The van der Waals surface area contributed by atoms with Gasteiger partial charge in [0.1, 0.15) is 5.72 Å². The molecular formula is C10H23NO. The van der Waals surface area contributed by atoms with Crippen LogP contribution in [0.2, 0.25) is 0 Å². The molecule has 2 heteroatoms. The number of rotatable bonds is 6. The first-order valence-corrected chi connectivity index (χ1v) is 5.02. The van der Waals surface area contributed by atoms with Gasteiger partial charge in [0.15, 0.2) is 0 Å². The Labute approximate surface area is 76.4 Å². The lowest BCUT2D eigenvalue weighted by molar-refractivity contribution is 0.00375. The molecule has 2 nitrogen and oxygen atoms in total. The molecule has 0 heterocycles. The molecule has 0 bridgehead atoms. The Morgan fingerprint density at radius 2 is 2.00 bits per heavy atom. The molecule has 74 valence electrons. The number of unbranched alkanes of at least 4 members (excludes halogenated alkanes) is 1. The van der Waals surface area contributed by atoms with Crippen LogP contribution in [0.3, 0.4) is 0 Å². The van der Waals surface area contributed by atoms with Crippen molar-refractivity contribution in [3.8, 4) is 0 Å². The summed E-state index contributed by atoms with van der Waals surface area (Å²) in [6, 6.07) is 0.400. The predicted molar refractivity (Wildman–Crippen MR) is 53.0 cm³/mol. The van der Waals surface area contributed by atoms with Crippen LogP contribution in [0.15, 0.2) is 0 Å².